The predicted molar refractivity (Wildman–Crippen MR) is 83.2 cm³/mol. The van der Waals surface area contributed by atoms with Crippen molar-refractivity contribution in [2.45, 2.75) is 30.6 Å². The van der Waals surface area contributed by atoms with Crippen LogP contribution in [0.3, 0.4) is 0 Å². The molecule has 1 aromatic rings. The first-order chi connectivity index (χ1) is 9.57. The molecule has 3 rings (SSSR count). The zero-order valence-electron chi connectivity index (χ0n) is 11.2. The number of hydrogen-bond donors (Lipinski definition) is 1. The van der Waals surface area contributed by atoms with Crippen LogP contribution in [0.15, 0.2) is 34.2 Å². The molecule has 1 fully saturated rings. The predicted octanol–water partition coefficient (Wildman–Crippen LogP) is 2.84. The fraction of sp³-hybridized carbons (Fsp3) is 0.500. The fourth-order valence-corrected chi connectivity index (χ4v) is 4.96. The van der Waals surface area contributed by atoms with Crippen molar-refractivity contribution in [3.8, 4) is 0 Å². The van der Waals surface area contributed by atoms with Crippen LogP contribution in [-0.4, -0.2) is 31.4 Å². The zero-order valence-corrected chi connectivity index (χ0v) is 12.9. The average Bonchev–Trinajstić information content (AvgIpc) is 2.92. The molecule has 0 aromatic heterocycles. The molecule has 6 heteroatoms. The van der Waals surface area contributed by atoms with E-state index in [2.05, 4.69) is 17.6 Å². The summed E-state index contributed by atoms with van der Waals surface area (Å²) < 4.78 is 26.7. The number of nitrogens with zero attached hydrogens (tertiary/aromatic N) is 2. The molecular weight excluding hydrogens is 292 g/mol. The summed E-state index contributed by atoms with van der Waals surface area (Å²) in [5.41, 5.74) is 0.518. The summed E-state index contributed by atoms with van der Waals surface area (Å²) in [7, 11) is -3.47. The molecule has 0 bridgehead atoms. The lowest BCUT2D eigenvalue weighted by molar-refractivity contribution is 0.297. The molecular formula is C14H18N2O2S2. The van der Waals surface area contributed by atoms with E-state index in [-0.39, 0.29) is 5.41 Å². The second kappa shape index (κ2) is 5.07. The first kappa shape index (κ1) is 13.9. The van der Waals surface area contributed by atoms with Gasteiger partial charge in [-0.3, -0.25) is 4.31 Å². The third-order valence-corrected chi connectivity index (χ3v) is 6.68. The van der Waals surface area contributed by atoms with Crippen LogP contribution < -0.4 is 0 Å². The molecule has 20 heavy (non-hydrogen) atoms. The molecule has 0 spiro atoms. The number of aliphatic imine (C=N–C) groups is 1. The number of sulfonamides is 1. The molecule has 108 valence electrons. The monoisotopic (exact) mass is 310 g/mol. The quantitative estimate of drug-likeness (QED) is 0.873. The molecule has 0 radical (unpaired) electrons. The van der Waals surface area contributed by atoms with Gasteiger partial charge in [-0.25, -0.2) is 13.4 Å². The Morgan fingerprint density at radius 3 is 2.65 bits per heavy atom. The molecule has 0 atom stereocenters. The van der Waals surface area contributed by atoms with Crippen molar-refractivity contribution in [3.05, 3.63) is 24.3 Å². The van der Waals surface area contributed by atoms with Gasteiger partial charge in [0.25, 0.3) is 10.0 Å². The van der Waals surface area contributed by atoms with Crippen LogP contribution in [0.2, 0.25) is 0 Å². The van der Waals surface area contributed by atoms with Gasteiger partial charge in [0.05, 0.1) is 5.69 Å². The second-order valence-electron chi connectivity index (χ2n) is 5.63. The van der Waals surface area contributed by atoms with Crippen molar-refractivity contribution >= 4 is 34.7 Å². The lowest BCUT2D eigenvalue weighted by atomic mass is 9.88. The van der Waals surface area contributed by atoms with Gasteiger partial charge < -0.3 is 0 Å². The van der Waals surface area contributed by atoms with Gasteiger partial charge in [0.15, 0.2) is 0 Å². The Morgan fingerprint density at radius 2 is 1.95 bits per heavy atom. The largest absolute Gasteiger partial charge is 0.267 e. The van der Waals surface area contributed by atoms with Gasteiger partial charge in [-0.1, -0.05) is 25.0 Å². The van der Waals surface area contributed by atoms with Gasteiger partial charge in [-0.05, 0) is 36.1 Å². The Bertz CT molecular complexity index is 634. The highest BCUT2D eigenvalue weighted by Gasteiger charge is 2.38. The highest BCUT2D eigenvalue weighted by Crippen LogP contribution is 2.41. The summed E-state index contributed by atoms with van der Waals surface area (Å²) >= 11 is 4.45. The summed E-state index contributed by atoms with van der Waals surface area (Å²) in [6, 6.07) is 6.88. The van der Waals surface area contributed by atoms with E-state index in [9.17, 15) is 8.42 Å². The van der Waals surface area contributed by atoms with Gasteiger partial charge in [0.2, 0.25) is 0 Å². The van der Waals surface area contributed by atoms with Crippen molar-refractivity contribution in [3.63, 3.8) is 0 Å². The Hall–Kier alpha value is -1.01. The average molecular weight is 310 g/mol. The third-order valence-electron chi connectivity index (χ3n) is 4.27. The van der Waals surface area contributed by atoms with Gasteiger partial charge in [0.1, 0.15) is 11.2 Å². The molecule has 1 aliphatic carbocycles. The van der Waals surface area contributed by atoms with E-state index in [1.807, 2.05) is 0 Å². The minimum atomic E-state index is -3.47. The van der Waals surface area contributed by atoms with Crippen LogP contribution >= 0.6 is 12.6 Å². The van der Waals surface area contributed by atoms with Crippen LogP contribution in [-0.2, 0) is 10.0 Å². The van der Waals surface area contributed by atoms with Gasteiger partial charge >= 0.3 is 0 Å². The lowest BCUT2D eigenvalue weighted by Crippen LogP contribution is -2.41. The number of fused-ring (bicyclic) bond motifs is 1. The maximum absolute atomic E-state index is 12.7. The normalized spacial score (nSPS) is 22.8. The standard InChI is InChI=1S/C14H18N2O2S2/c17-20(18)13-6-2-1-5-12(13)15-11-16(20)9-14(10-19)7-3-4-8-14/h1-2,5-6,11,19H,3-4,7-10H2. The Morgan fingerprint density at radius 1 is 1.25 bits per heavy atom. The van der Waals surface area contributed by atoms with E-state index in [1.165, 1.54) is 10.6 Å². The van der Waals surface area contributed by atoms with Gasteiger partial charge in [-0.2, -0.15) is 12.6 Å². The molecule has 1 aliphatic heterocycles. The smallest absolute Gasteiger partial charge is 0.256 e. The summed E-state index contributed by atoms with van der Waals surface area (Å²) in [4.78, 5) is 4.58. The van der Waals surface area contributed by atoms with Crippen molar-refractivity contribution in [1.29, 1.82) is 0 Å². The van der Waals surface area contributed by atoms with E-state index < -0.39 is 10.0 Å². The molecule has 0 unspecified atom stereocenters. The van der Waals surface area contributed by atoms with Crippen molar-refractivity contribution in [2.24, 2.45) is 10.4 Å². The van der Waals surface area contributed by atoms with E-state index in [4.69, 9.17) is 0 Å². The Labute approximate surface area is 125 Å². The van der Waals surface area contributed by atoms with E-state index in [0.717, 1.165) is 25.7 Å². The van der Waals surface area contributed by atoms with Gasteiger partial charge in [-0.15, -0.1) is 0 Å². The molecule has 0 amide bonds. The van der Waals surface area contributed by atoms with Crippen molar-refractivity contribution in [2.75, 3.05) is 12.3 Å². The fourth-order valence-electron chi connectivity index (χ4n) is 3.04. The van der Waals surface area contributed by atoms with Gasteiger partial charge in [0, 0.05) is 6.54 Å². The summed E-state index contributed by atoms with van der Waals surface area (Å²) in [6.07, 6.45) is 5.85. The Balaban J connectivity index is 1.93. The Kier molecular flexibility index (Phi) is 3.54. The van der Waals surface area contributed by atoms with E-state index in [1.54, 1.807) is 24.3 Å². The van der Waals surface area contributed by atoms with E-state index in [0.29, 0.717) is 22.9 Å². The summed E-state index contributed by atoms with van der Waals surface area (Å²) in [5.74, 6) is 0.717. The minimum absolute atomic E-state index is 0.00547. The number of hydrogen-bond acceptors (Lipinski definition) is 4. The van der Waals surface area contributed by atoms with Crippen LogP contribution in [0.5, 0.6) is 0 Å². The number of para-hydroxylation sites is 1. The zero-order chi connectivity index (χ0) is 14.2. The lowest BCUT2D eigenvalue weighted by Gasteiger charge is -2.34. The van der Waals surface area contributed by atoms with Crippen LogP contribution in [0.1, 0.15) is 25.7 Å². The molecule has 1 saturated carbocycles. The SMILES string of the molecule is O=S1(=O)c2ccccc2N=CN1CC1(CS)CCCC1. The summed E-state index contributed by atoms with van der Waals surface area (Å²) in [5, 5.41) is 0. The molecule has 4 nitrogen and oxygen atoms in total. The highest BCUT2D eigenvalue weighted by molar-refractivity contribution is 7.89. The van der Waals surface area contributed by atoms with Crippen LogP contribution in [0.25, 0.3) is 0 Å². The molecule has 2 aliphatic rings. The molecule has 1 heterocycles. The van der Waals surface area contributed by atoms with Crippen LogP contribution in [0, 0.1) is 5.41 Å². The molecule has 0 saturated heterocycles. The molecule has 0 N–H and O–H groups in total. The van der Waals surface area contributed by atoms with Crippen molar-refractivity contribution < 1.29 is 8.42 Å². The van der Waals surface area contributed by atoms with Crippen molar-refractivity contribution in [1.82, 2.24) is 4.31 Å². The number of benzene rings is 1. The second-order valence-corrected chi connectivity index (χ2v) is 7.80. The van der Waals surface area contributed by atoms with E-state index >= 15 is 0 Å². The minimum Gasteiger partial charge on any atom is -0.256 e. The van der Waals surface area contributed by atoms with Crippen LogP contribution in [0.4, 0.5) is 5.69 Å². The first-order valence-electron chi connectivity index (χ1n) is 6.83. The highest BCUT2D eigenvalue weighted by atomic mass is 32.2. The topological polar surface area (TPSA) is 49.7 Å². The number of thiol groups is 1. The first-order valence-corrected chi connectivity index (χ1v) is 8.91. The maximum Gasteiger partial charge on any atom is 0.267 e. The molecule has 1 aromatic carbocycles. The summed E-state index contributed by atoms with van der Waals surface area (Å²) in [6.45, 7) is 0.483. The third kappa shape index (κ3) is 2.24. The number of rotatable bonds is 3. The maximum atomic E-state index is 12.7.